The van der Waals surface area contributed by atoms with Crippen LogP contribution in [0.1, 0.15) is 18.4 Å². The molecule has 2 nitrogen and oxygen atoms in total. The lowest BCUT2D eigenvalue weighted by Gasteiger charge is -2.04. The van der Waals surface area contributed by atoms with Gasteiger partial charge < -0.3 is 0 Å². The molecule has 13 heavy (non-hydrogen) atoms. The molecule has 0 aliphatic heterocycles. The normalized spacial score (nSPS) is 17.3. The lowest BCUT2D eigenvalue weighted by Crippen LogP contribution is -2.08. The van der Waals surface area contributed by atoms with Gasteiger partial charge in [-0.1, -0.05) is 18.2 Å². The third-order valence-corrected chi connectivity index (χ3v) is 4.60. The summed E-state index contributed by atoms with van der Waals surface area (Å²) in [6.07, 6.45) is 1.60. The van der Waals surface area contributed by atoms with Crippen molar-refractivity contribution in [1.82, 2.24) is 0 Å². The highest BCUT2D eigenvalue weighted by Crippen LogP contribution is 2.34. The van der Waals surface area contributed by atoms with E-state index in [0.29, 0.717) is 10.5 Å². The third-order valence-electron chi connectivity index (χ3n) is 2.24. The summed E-state index contributed by atoms with van der Waals surface area (Å²) in [6, 6.07) is 6.91. The third kappa shape index (κ3) is 1.48. The molecule has 1 aromatic rings. The first-order chi connectivity index (χ1) is 6.12. The lowest BCUT2D eigenvalue weighted by molar-refractivity contribution is 0.594. The largest absolute Gasteiger partial charge is 0.223 e. The summed E-state index contributed by atoms with van der Waals surface area (Å²) in [5.41, 5.74) is 0.606. The van der Waals surface area contributed by atoms with Gasteiger partial charge in [0.05, 0.1) is 10.1 Å². The highest BCUT2D eigenvalue weighted by molar-refractivity contribution is 7.92. The fourth-order valence-electron chi connectivity index (χ4n) is 1.34. The average molecular weight is 195 g/mol. The molecule has 0 spiro atoms. The summed E-state index contributed by atoms with van der Waals surface area (Å²) < 4.78 is 23.6. The number of sulfone groups is 1. The predicted octanol–water partition coefficient (Wildman–Crippen LogP) is 1.80. The van der Waals surface area contributed by atoms with Gasteiger partial charge in [-0.15, -0.1) is 0 Å². The topological polar surface area (TPSA) is 34.1 Å². The fourth-order valence-corrected chi connectivity index (χ4v) is 3.16. The smallest absolute Gasteiger partial charge is 0.181 e. The van der Waals surface area contributed by atoms with E-state index in [1.165, 1.54) is 0 Å². The Labute approximate surface area is 78.5 Å². The minimum absolute atomic E-state index is 0.143. The van der Waals surface area contributed by atoms with E-state index in [-0.39, 0.29) is 5.25 Å². The summed E-state index contributed by atoms with van der Waals surface area (Å²) >= 11 is 0. The summed E-state index contributed by atoms with van der Waals surface area (Å²) in [5.74, 6) is 0. The highest BCUT2D eigenvalue weighted by atomic mass is 32.2. The molecule has 0 bridgehead atoms. The van der Waals surface area contributed by atoms with Crippen LogP contribution in [-0.4, -0.2) is 13.7 Å². The maximum atomic E-state index is 11.8. The van der Waals surface area contributed by atoms with Crippen molar-refractivity contribution in [3.05, 3.63) is 36.8 Å². The SMILES string of the molecule is [CH2]c1ccccc1S(=O)(=O)C1CC1. The van der Waals surface area contributed by atoms with Crippen LogP contribution >= 0.6 is 0 Å². The Morgan fingerprint density at radius 2 is 1.85 bits per heavy atom. The van der Waals surface area contributed by atoms with E-state index >= 15 is 0 Å². The first-order valence-corrected chi connectivity index (χ1v) is 5.82. The van der Waals surface area contributed by atoms with Gasteiger partial charge in [-0.3, -0.25) is 0 Å². The van der Waals surface area contributed by atoms with Gasteiger partial charge in [0.1, 0.15) is 0 Å². The lowest BCUT2D eigenvalue weighted by atomic mass is 10.2. The second-order valence-electron chi connectivity index (χ2n) is 3.35. The van der Waals surface area contributed by atoms with Gasteiger partial charge in [0.2, 0.25) is 0 Å². The molecular weight excluding hydrogens is 184 g/mol. The summed E-state index contributed by atoms with van der Waals surface area (Å²) in [4.78, 5) is 0.400. The van der Waals surface area contributed by atoms with Crippen LogP contribution in [0.5, 0.6) is 0 Å². The van der Waals surface area contributed by atoms with E-state index in [2.05, 4.69) is 6.92 Å². The first kappa shape index (κ1) is 8.75. The van der Waals surface area contributed by atoms with E-state index in [1.807, 2.05) is 0 Å². The molecule has 0 atom stereocenters. The van der Waals surface area contributed by atoms with Crippen LogP contribution in [0.3, 0.4) is 0 Å². The molecule has 2 rings (SSSR count). The summed E-state index contributed by atoms with van der Waals surface area (Å²) in [7, 11) is -3.06. The van der Waals surface area contributed by atoms with Crippen molar-refractivity contribution in [2.24, 2.45) is 0 Å². The van der Waals surface area contributed by atoms with Crippen LogP contribution in [0.25, 0.3) is 0 Å². The van der Waals surface area contributed by atoms with Crippen molar-refractivity contribution in [3.8, 4) is 0 Å². The molecule has 0 amide bonds. The molecule has 0 N–H and O–H groups in total. The molecule has 1 radical (unpaired) electrons. The zero-order valence-corrected chi connectivity index (χ0v) is 8.05. The molecule has 1 aromatic carbocycles. The van der Waals surface area contributed by atoms with Gasteiger partial charge in [-0.25, -0.2) is 8.42 Å². The van der Waals surface area contributed by atoms with E-state index in [0.717, 1.165) is 12.8 Å². The molecule has 0 aromatic heterocycles. The van der Waals surface area contributed by atoms with Crippen molar-refractivity contribution in [1.29, 1.82) is 0 Å². The van der Waals surface area contributed by atoms with Crippen molar-refractivity contribution in [2.45, 2.75) is 23.0 Å². The zero-order chi connectivity index (χ0) is 9.47. The standard InChI is InChI=1S/C10H11O2S/c1-8-4-2-3-5-10(8)13(11,12)9-6-7-9/h2-5,9H,1,6-7H2. The number of rotatable bonds is 2. The van der Waals surface area contributed by atoms with Gasteiger partial charge in [-0.05, 0) is 31.4 Å². The van der Waals surface area contributed by atoms with E-state index < -0.39 is 9.84 Å². The van der Waals surface area contributed by atoms with E-state index in [1.54, 1.807) is 24.3 Å². The maximum Gasteiger partial charge on any atom is 0.181 e. The molecule has 1 fully saturated rings. The molecule has 1 aliphatic carbocycles. The van der Waals surface area contributed by atoms with Crippen LogP contribution < -0.4 is 0 Å². The fraction of sp³-hybridized carbons (Fsp3) is 0.300. The van der Waals surface area contributed by atoms with Gasteiger partial charge in [-0.2, -0.15) is 0 Å². The molecule has 1 saturated carbocycles. The minimum atomic E-state index is -3.06. The molecule has 1 aliphatic rings. The van der Waals surface area contributed by atoms with Crippen molar-refractivity contribution >= 4 is 9.84 Å². The Kier molecular flexibility index (Phi) is 1.91. The number of benzene rings is 1. The second kappa shape index (κ2) is 2.84. The van der Waals surface area contributed by atoms with Crippen molar-refractivity contribution in [3.63, 3.8) is 0 Å². The highest BCUT2D eigenvalue weighted by Gasteiger charge is 2.37. The van der Waals surface area contributed by atoms with Crippen LogP contribution in [0.2, 0.25) is 0 Å². The number of hydrogen-bond donors (Lipinski definition) is 0. The van der Waals surface area contributed by atoms with E-state index in [4.69, 9.17) is 0 Å². The van der Waals surface area contributed by atoms with Crippen LogP contribution in [0.15, 0.2) is 29.2 Å². The van der Waals surface area contributed by atoms with Gasteiger partial charge in [0.15, 0.2) is 9.84 Å². The molecule has 69 valence electrons. The van der Waals surface area contributed by atoms with Gasteiger partial charge in [0, 0.05) is 0 Å². The monoisotopic (exact) mass is 195 g/mol. The second-order valence-corrected chi connectivity index (χ2v) is 5.55. The van der Waals surface area contributed by atoms with Crippen molar-refractivity contribution in [2.75, 3.05) is 0 Å². The predicted molar refractivity (Wildman–Crippen MR) is 51.1 cm³/mol. The van der Waals surface area contributed by atoms with Crippen LogP contribution in [0.4, 0.5) is 0 Å². The zero-order valence-electron chi connectivity index (χ0n) is 7.23. The summed E-state index contributed by atoms with van der Waals surface area (Å²) in [6.45, 7) is 3.72. The molecule has 0 unspecified atom stereocenters. The first-order valence-electron chi connectivity index (χ1n) is 4.27. The Bertz CT molecular complexity index is 416. The molecular formula is C10H11O2S. The van der Waals surface area contributed by atoms with Crippen molar-refractivity contribution < 1.29 is 8.42 Å². The minimum Gasteiger partial charge on any atom is -0.223 e. The Balaban J connectivity index is 2.51. The average Bonchev–Trinajstić information content (AvgIpc) is 2.86. The van der Waals surface area contributed by atoms with Gasteiger partial charge in [0.25, 0.3) is 0 Å². The quantitative estimate of drug-likeness (QED) is 0.721. The Hall–Kier alpha value is -0.830. The Morgan fingerprint density at radius 3 is 2.38 bits per heavy atom. The molecule has 3 heteroatoms. The molecule has 0 heterocycles. The molecule has 0 saturated heterocycles. The van der Waals surface area contributed by atoms with E-state index in [9.17, 15) is 8.42 Å². The van der Waals surface area contributed by atoms with Gasteiger partial charge >= 0.3 is 0 Å². The number of hydrogen-bond acceptors (Lipinski definition) is 2. The van der Waals surface area contributed by atoms with Crippen LogP contribution in [-0.2, 0) is 9.84 Å². The Morgan fingerprint density at radius 1 is 1.23 bits per heavy atom. The van der Waals surface area contributed by atoms with Crippen LogP contribution in [0, 0.1) is 6.92 Å². The maximum absolute atomic E-state index is 11.8. The summed E-state index contributed by atoms with van der Waals surface area (Å²) in [5, 5.41) is -0.143.